The minimum Gasteiger partial charge on any atom is -0.497 e. The third-order valence-electron chi connectivity index (χ3n) is 2.89. The summed E-state index contributed by atoms with van der Waals surface area (Å²) in [6, 6.07) is 10.1. The van der Waals surface area contributed by atoms with E-state index in [1.807, 2.05) is 0 Å². The van der Waals surface area contributed by atoms with Gasteiger partial charge in [0.1, 0.15) is 17.4 Å². The van der Waals surface area contributed by atoms with E-state index in [1.165, 1.54) is 0 Å². The number of hydrogen-bond acceptors (Lipinski definition) is 3. The molecule has 0 aliphatic heterocycles. The second kappa shape index (κ2) is 6.34. The molecule has 0 spiro atoms. The van der Waals surface area contributed by atoms with Crippen molar-refractivity contribution >= 4 is 5.69 Å². The molecule has 1 unspecified atom stereocenters. The Kier molecular flexibility index (Phi) is 4.53. The highest BCUT2D eigenvalue weighted by Crippen LogP contribution is 2.21. The van der Waals surface area contributed by atoms with Gasteiger partial charge in [-0.05, 0) is 30.3 Å². The lowest BCUT2D eigenvalue weighted by Crippen LogP contribution is -2.13. The maximum atomic E-state index is 13.5. The summed E-state index contributed by atoms with van der Waals surface area (Å²) >= 11 is 0. The first-order valence-corrected chi connectivity index (χ1v) is 6.11. The van der Waals surface area contributed by atoms with E-state index in [0.717, 1.165) is 23.9 Å². The van der Waals surface area contributed by atoms with Crippen LogP contribution in [0, 0.1) is 11.6 Å². The summed E-state index contributed by atoms with van der Waals surface area (Å²) < 4.78 is 31.6. The molecular weight excluding hydrogens is 264 g/mol. The molecule has 0 saturated heterocycles. The molecule has 0 heterocycles. The van der Waals surface area contributed by atoms with E-state index in [0.29, 0.717) is 5.75 Å². The molecule has 2 aromatic carbocycles. The molecule has 2 aromatic rings. The first-order chi connectivity index (χ1) is 9.60. The van der Waals surface area contributed by atoms with Crippen LogP contribution in [0.4, 0.5) is 14.5 Å². The molecule has 0 amide bonds. The second-order valence-corrected chi connectivity index (χ2v) is 4.29. The van der Waals surface area contributed by atoms with Crippen molar-refractivity contribution in [1.29, 1.82) is 0 Å². The highest BCUT2D eigenvalue weighted by Gasteiger charge is 2.13. The first kappa shape index (κ1) is 14.3. The molecule has 2 rings (SSSR count). The van der Waals surface area contributed by atoms with E-state index >= 15 is 0 Å². The van der Waals surface area contributed by atoms with Crippen LogP contribution < -0.4 is 10.1 Å². The smallest absolute Gasteiger partial charge is 0.129 e. The number of ether oxygens (including phenoxy) is 1. The van der Waals surface area contributed by atoms with Crippen LogP contribution in [0.5, 0.6) is 5.75 Å². The summed E-state index contributed by atoms with van der Waals surface area (Å²) in [7, 11) is 1.55. The molecule has 20 heavy (non-hydrogen) atoms. The van der Waals surface area contributed by atoms with E-state index in [4.69, 9.17) is 4.74 Å². The lowest BCUT2D eigenvalue weighted by Gasteiger charge is -2.14. The van der Waals surface area contributed by atoms with Crippen molar-refractivity contribution in [3.8, 4) is 5.75 Å². The van der Waals surface area contributed by atoms with Crippen LogP contribution in [0.15, 0.2) is 42.5 Å². The quantitative estimate of drug-likeness (QED) is 0.883. The van der Waals surface area contributed by atoms with Gasteiger partial charge in [0, 0.05) is 23.9 Å². The third kappa shape index (κ3) is 3.45. The molecule has 0 aliphatic rings. The predicted octanol–water partition coefficient (Wildman–Crippen LogP) is 3.12. The van der Waals surface area contributed by atoms with Gasteiger partial charge in [-0.25, -0.2) is 8.78 Å². The summed E-state index contributed by atoms with van der Waals surface area (Å²) in [5.74, 6) is -0.547. The zero-order valence-corrected chi connectivity index (χ0v) is 10.9. The van der Waals surface area contributed by atoms with Crippen molar-refractivity contribution in [2.24, 2.45) is 0 Å². The Labute approximate surface area is 115 Å². The summed E-state index contributed by atoms with van der Waals surface area (Å²) in [6.07, 6.45) is -1.14. The van der Waals surface area contributed by atoms with Crippen molar-refractivity contribution in [2.45, 2.75) is 6.10 Å². The van der Waals surface area contributed by atoms with Gasteiger partial charge in [-0.2, -0.15) is 0 Å². The Morgan fingerprint density at radius 1 is 1.20 bits per heavy atom. The molecular formula is C15H15F2NO2. The van der Waals surface area contributed by atoms with Gasteiger partial charge >= 0.3 is 0 Å². The number of anilines is 1. The molecule has 106 valence electrons. The first-order valence-electron chi connectivity index (χ1n) is 6.11. The van der Waals surface area contributed by atoms with Gasteiger partial charge < -0.3 is 15.2 Å². The van der Waals surface area contributed by atoms with Crippen LogP contribution in [0.25, 0.3) is 0 Å². The standard InChI is InChI=1S/C15H15F2NO2/c1-20-12-4-2-3-11(8-12)18-9-15(19)13-7-10(16)5-6-14(13)17/h2-8,15,18-19H,9H2,1H3. The Balaban J connectivity index is 2.04. The average molecular weight is 279 g/mol. The topological polar surface area (TPSA) is 41.5 Å². The zero-order valence-electron chi connectivity index (χ0n) is 10.9. The summed E-state index contributed by atoms with van der Waals surface area (Å²) in [6.45, 7) is 0.0630. The maximum Gasteiger partial charge on any atom is 0.129 e. The Hall–Kier alpha value is -2.14. The van der Waals surface area contributed by atoms with Gasteiger partial charge in [0.25, 0.3) is 0 Å². The molecule has 3 nitrogen and oxygen atoms in total. The number of rotatable bonds is 5. The zero-order chi connectivity index (χ0) is 14.5. The fraction of sp³-hybridized carbons (Fsp3) is 0.200. The van der Waals surface area contributed by atoms with E-state index in [1.54, 1.807) is 31.4 Å². The van der Waals surface area contributed by atoms with Gasteiger partial charge in [-0.15, -0.1) is 0 Å². The number of benzene rings is 2. The second-order valence-electron chi connectivity index (χ2n) is 4.29. The Morgan fingerprint density at radius 3 is 2.75 bits per heavy atom. The minimum absolute atomic E-state index is 0.0630. The number of methoxy groups -OCH3 is 1. The van der Waals surface area contributed by atoms with E-state index in [9.17, 15) is 13.9 Å². The molecule has 0 aliphatic carbocycles. The van der Waals surface area contributed by atoms with Crippen molar-refractivity contribution in [3.05, 3.63) is 59.7 Å². The summed E-state index contributed by atoms with van der Waals surface area (Å²) in [4.78, 5) is 0. The van der Waals surface area contributed by atoms with E-state index in [2.05, 4.69) is 5.32 Å². The highest BCUT2D eigenvalue weighted by molar-refractivity contribution is 5.48. The Morgan fingerprint density at radius 2 is 2.00 bits per heavy atom. The lowest BCUT2D eigenvalue weighted by atomic mass is 10.1. The van der Waals surface area contributed by atoms with Crippen molar-refractivity contribution in [1.82, 2.24) is 0 Å². The van der Waals surface area contributed by atoms with Gasteiger partial charge in [0.15, 0.2) is 0 Å². The number of aliphatic hydroxyl groups is 1. The number of hydrogen-bond donors (Lipinski definition) is 2. The van der Waals surface area contributed by atoms with Gasteiger partial charge in [0.2, 0.25) is 0 Å². The van der Waals surface area contributed by atoms with Crippen molar-refractivity contribution < 1.29 is 18.6 Å². The van der Waals surface area contributed by atoms with E-state index < -0.39 is 17.7 Å². The molecule has 0 bridgehead atoms. The van der Waals surface area contributed by atoms with Crippen LogP contribution >= 0.6 is 0 Å². The normalized spacial score (nSPS) is 12.0. The molecule has 1 atom stereocenters. The van der Waals surface area contributed by atoms with E-state index in [-0.39, 0.29) is 12.1 Å². The third-order valence-corrected chi connectivity index (χ3v) is 2.89. The molecule has 0 fully saturated rings. The van der Waals surface area contributed by atoms with Crippen LogP contribution in [-0.2, 0) is 0 Å². The molecule has 0 saturated carbocycles. The summed E-state index contributed by atoms with van der Waals surface area (Å²) in [5, 5.41) is 12.9. The van der Waals surface area contributed by atoms with Gasteiger partial charge in [-0.3, -0.25) is 0 Å². The average Bonchev–Trinajstić information content (AvgIpc) is 2.47. The monoisotopic (exact) mass is 279 g/mol. The largest absolute Gasteiger partial charge is 0.497 e. The predicted molar refractivity (Wildman–Crippen MR) is 72.8 cm³/mol. The number of halogens is 2. The van der Waals surface area contributed by atoms with Gasteiger partial charge in [0.05, 0.1) is 13.2 Å². The Bertz CT molecular complexity index is 590. The SMILES string of the molecule is COc1cccc(NCC(O)c2cc(F)ccc2F)c1. The van der Waals surface area contributed by atoms with Crippen molar-refractivity contribution in [2.75, 3.05) is 19.0 Å². The summed E-state index contributed by atoms with van der Waals surface area (Å²) in [5.41, 5.74) is 0.653. The van der Waals surface area contributed by atoms with Crippen LogP contribution in [0.1, 0.15) is 11.7 Å². The fourth-order valence-corrected chi connectivity index (χ4v) is 1.83. The van der Waals surface area contributed by atoms with Crippen molar-refractivity contribution in [3.63, 3.8) is 0 Å². The minimum atomic E-state index is -1.14. The lowest BCUT2D eigenvalue weighted by molar-refractivity contribution is 0.186. The highest BCUT2D eigenvalue weighted by atomic mass is 19.1. The number of nitrogens with one attached hydrogen (secondary N) is 1. The number of aliphatic hydroxyl groups excluding tert-OH is 1. The molecule has 5 heteroatoms. The van der Waals surface area contributed by atoms with Crippen LogP contribution in [0.2, 0.25) is 0 Å². The molecule has 0 aromatic heterocycles. The van der Waals surface area contributed by atoms with Crippen LogP contribution in [-0.4, -0.2) is 18.8 Å². The molecule has 2 N–H and O–H groups in total. The fourth-order valence-electron chi connectivity index (χ4n) is 1.83. The maximum absolute atomic E-state index is 13.5. The van der Waals surface area contributed by atoms with Gasteiger partial charge in [-0.1, -0.05) is 6.07 Å². The molecule has 0 radical (unpaired) electrons. The van der Waals surface area contributed by atoms with Crippen LogP contribution in [0.3, 0.4) is 0 Å².